The SMILES string of the molecule is O=C(NC1CCCC1)[C@@H](Cc1ccccc1)N(Cc1c(Cl)cccc1Cl)C(=O)CN1C(=O)c2ccccc2S1(=O)=O. The molecule has 1 fully saturated rings. The molecule has 0 spiro atoms. The van der Waals surface area contributed by atoms with Gasteiger partial charge in [-0.1, -0.05) is 84.6 Å². The number of nitrogens with one attached hydrogen (secondary N) is 1. The van der Waals surface area contributed by atoms with Gasteiger partial charge < -0.3 is 10.2 Å². The van der Waals surface area contributed by atoms with Crippen molar-refractivity contribution < 1.29 is 22.8 Å². The van der Waals surface area contributed by atoms with Crippen molar-refractivity contribution in [3.63, 3.8) is 0 Å². The Morgan fingerprint density at radius 3 is 2.22 bits per heavy atom. The first kappa shape index (κ1) is 29.1. The zero-order chi connectivity index (χ0) is 29.1. The van der Waals surface area contributed by atoms with Gasteiger partial charge in [0.05, 0.1) is 5.56 Å². The smallest absolute Gasteiger partial charge is 0.269 e. The van der Waals surface area contributed by atoms with E-state index in [1.54, 1.807) is 24.3 Å². The highest BCUT2D eigenvalue weighted by molar-refractivity contribution is 7.90. The van der Waals surface area contributed by atoms with Gasteiger partial charge in [0.1, 0.15) is 17.5 Å². The fourth-order valence-electron chi connectivity index (χ4n) is 5.38. The van der Waals surface area contributed by atoms with Crippen LogP contribution in [0.2, 0.25) is 10.0 Å². The molecule has 0 saturated heterocycles. The van der Waals surface area contributed by atoms with Crippen LogP contribution >= 0.6 is 23.2 Å². The Balaban J connectivity index is 1.53. The highest BCUT2D eigenvalue weighted by atomic mass is 35.5. The van der Waals surface area contributed by atoms with Crippen LogP contribution in [0.3, 0.4) is 0 Å². The van der Waals surface area contributed by atoms with Crippen molar-refractivity contribution in [2.45, 2.75) is 55.6 Å². The molecule has 3 aromatic carbocycles. The monoisotopic (exact) mass is 613 g/mol. The second-order valence-electron chi connectivity index (χ2n) is 10.2. The number of carbonyl (C=O) groups is 3. The van der Waals surface area contributed by atoms with Crippen molar-refractivity contribution in [2.75, 3.05) is 6.54 Å². The van der Waals surface area contributed by atoms with Crippen LogP contribution in [0.15, 0.2) is 77.7 Å². The Morgan fingerprint density at radius 1 is 0.927 bits per heavy atom. The van der Waals surface area contributed by atoms with Crippen LogP contribution in [0.4, 0.5) is 0 Å². The summed E-state index contributed by atoms with van der Waals surface area (Å²) >= 11 is 13.0. The lowest BCUT2D eigenvalue weighted by Gasteiger charge is -2.33. The maximum atomic E-state index is 14.1. The van der Waals surface area contributed by atoms with Crippen molar-refractivity contribution in [3.05, 3.63) is 99.5 Å². The van der Waals surface area contributed by atoms with E-state index in [2.05, 4.69) is 5.32 Å². The maximum absolute atomic E-state index is 14.1. The Labute approximate surface area is 249 Å². The zero-order valence-electron chi connectivity index (χ0n) is 22.1. The first-order valence-corrected chi connectivity index (χ1v) is 15.6. The summed E-state index contributed by atoms with van der Waals surface area (Å²) in [4.78, 5) is 42.2. The lowest BCUT2D eigenvalue weighted by atomic mass is 10.0. The number of sulfonamides is 1. The molecule has 5 rings (SSSR count). The third-order valence-corrected chi connectivity index (χ3v) is 10.0. The molecule has 214 valence electrons. The van der Waals surface area contributed by atoms with E-state index in [9.17, 15) is 22.8 Å². The summed E-state index contributed by atoms with van der Waals surface area (Å²) in [5.41, 5.74) is 1.22. The quantitative estimate of drug-likeness (QED) is 0.372. The van der Waals surface area contributed by atoms with Gasteiger partial charge >= 0.3 is 0 Å². The number of hydrogen-bond acceptors (Lipinski definition) is 5. The van der Waals surface area contributed by atoms with Crippen LogP contribution in [0.1, 0.15) is 47.2 Å². The molecule has 1 saturated carbocycles. The molecule has 2 aliphatic rings. The fraction of sp³-hybridized carbons (Fsp3) is 0.300. The molecule has 1 atom stereocenters. The molecule has 41 heavy (non-hydrogen) atoms. The normalized spacial score (nSPS) is 16.8. The molecule has 1 aliphatic carbocycles. The number of rotatable bonds is 9. The third kappa shape index (κ3) is 6.12. The van der Waals surface area contributed by atoms with Gasteiger partial charge in [-0.15, -0.1) is 0 Å². The fourth-order valence-corrected chi connectivity index (χ4v) is 7.41. The molecule has 0 aromatic heterocycles. The third-order valence-electron chi connectivity index (χ3n) is 7.55. The number of benzene rings is 3. The van der Waals surface area contributed by atoms with Crippen molar-refractivity contribution in [1.29, 1.82) is 0 Å². The average Bonchev–Trinajstić information content (AvgIpc) is 3.53. The van der Waals surface area contributed by atoms with E-state index in [4.69, 9.17) is 23.2 Å². The average molecular weight is 615 g/mol. The van der Waals surface area contributed by atoms with E-state index in [0.29, 0.717) is 19.9 Å². The van der Waals surface area contributed by atoms with Gasteiger partial charge in [0.15, 0.2) is 0 Å². The summed E-state index contributed by atoms with van der Waals surface area (Å²) in [7, 11) is -4.25. The van der Waals surface area contributed by atoms with Gasteiger partial charge in [0.25, 0.3) is 15.9 Å². The molecule has 0 unspecified atom stereocenters. The van der Waals surface area contributed by atoms with E-state index < -0.39 is 34.4 Å². The van der Waals surface area contributed by atoms with Gasteiger partial charge in [-0.05, 0) is 42.7 Å². The summed E-state index contributed by atoms with van der Waals surface area (Å²) in [6.07, 6.45) is 3.84. The minimum atomic E-state index is -4.25. The molecule has 0 bridgehead atoms. The van der Waals surface area contributed by atoms with Gasteiger partial charge in [0, 0.05) is 34.6 Å². The summed E-state index contributed by atoms with van der Waals surface area (Å²) in [5, 5.41) is 3.67. The van der Waals surface area contributed by atoms with Crippen molar-refractivity contribution >= 4 is 50.9 Å². The number of nitrogens with zero attached hydrogens (tertiary/aromatic N) is 2. The molecule has 1 N–H and O–H groups in total. The van der Waals surface area contributed by atoms with Gasteiger partial charge in [-0.3, -0.25) is 14.4 Å². The highest BCUT2D eigenvalue weighted by Crippen LogP contribution is 2.31. The van der Waals surface area contributed by atoms with E-state index >= 15 is 0 Å². The molecule has 11 heteroatoms. The molecule has 3 amide bonds. The van der Waals surface area contributed by atoms with Crippen molar-refractivity contribution in [3.8, 4) is 0 Å². The first-order valence-electron chi connectivity index (χ1n) is 13.4. The number of carbonyl (C=O) groups excluding carboxylic acids is 3. The topological polar surface area (TPSA) is 104 Å². The van der Waals surface area contributed by atoms with Crippen LogP contribution < -0.4 is 5.32 Å². The van der Waals surface area contributed by atoms with Crippen LogP contribution in [0.5, 0.6) is 0 Å². The predicted octanol–water partition coefficient (Wildman–Crippen LogP) is 4.84. The lowest BCUT2D eigenvalue weighted by molar-refractivity contribution is -0.141. The van der Waals surface area contributed by atoms with E-state index in [1.165, 1.54) is 23.1 Å². The van der Waals surface area contributed by atoms with E-state index in [1.807, 2.05) is 30.3 Å². The number of hydrogen-bond donors (Lipinski definition) is 1. The van der Waals surface area contributed by atoms with Crippen molar-refractivity contribution in [1.82, 2.24) is 14.5 Å². The number of fused-ring (bicyclic) bond motifs is 1. The second-order valence-corrected chi connectivity index (χ2v) is 12.9. The van der Waals surface area contributed by atoms with Crippen LogP contribution in [0.25, 0.3) is 0 Å². The standard InChI is InChI=1S/C30H29Cl2N3O5S/c31-24-14-8-15-25(32)23(24)18-34(28(36)19-35-30(38)22-13-6-7-16-27(22)41(35,39)40)26(17-20-9-2-1-3-10-20)29(37)33-21-11-4-5-12-21/h1-3,6-10,13-16,21,26H,4-5,11-12,17-19H2,(H,33,37)/t26-/m1/s1. The summed E-state index contributed by atoms with van der Waals surface area (Å²) in [6, 6.07) is 18.9. The minimum Gasteiger partial charge on any atom is -0.352 e. The molecular formula is C30H29Cl2N3O5S. The van der Waals surface area contributed by atoms with Gasteiger partial charge in [-0.25, -0.2) is 12.7 Å². The van der Waals surface area contributed by atoms with Crippen LogP contribution in [0, 0.1) is 0 Å². The Bertz CT molecular complexity index is 1560. The highest BCUT2D eigenvalue weighted by Gasteiger charge is 2.43. The van der Waals surface area contributed by atoms with Gasteiger partial charge in [-0.2, -0.15) is 0 Å². The Kier molecular flexibility index (Phi) is 8.68. The lowest BCUT2D eigenvalue weighted by Crippen LogP contribution is -2.54. The van der Waals surface area contributed by atoms with E-state index in [0.717, 1.165) is 31.2 Å². The molecule has 8 nitrogen and oxygen atoms in total. The summed E-state index contributed by atoms with van der Waals surface area (Å²) in [6.45, 7) is -0.943. The zero-order valence-corrected chi connectivity index (χ0v) is 24.5. The molecule has 1 aliphatic heterocycles. The van der Waals surface area contributed by atoms with Gasteiger partial charge in [0.2, 0.25) is 11.8 Å². The molecular weight excluding hydrogens is 585 g/mol. The number of halogens is 2. The summed E-state index contributed by atoms with van der Waals surface area (Å²) in [5.74, 6) is -1.89. The largest absolute Gasteiger partial charge is 0.352 e. The minimum absolute atomic E-state index is 0.000750. The van der Waals surface area contributed by atoms with Crippen LogP contribution in [-0.4, -0.2) is 54.0 Å². The Hall–Kier alpha value is -3.40. The molecule has 0 radical (unpaired) electrons. The van der Waals surface area contributed by atoms with Crippen LogP contribution in [-0.2, 0) is 32.6 Å². The Morgan fingerprint density at radius 2 is 1.56 bits per heavy atom. The van der Waals surface area contributed by atoms with Crippen molar-refractivity contribution in [2.24, 2.45) is 0 Å². The van der Waals surface area contributed by atoms with E-state index in [-0.39, 0.29) is 35.4 Å². The summed E-state index contributed by atoms with van der Waals surface area (Å²) < 4.78 is 27.1. The predicted molar refractivity (Wildman–Crippen MR) is 156 cm³/mol. The molecule has 3 aromatic rings. The first-order chi connectivity index (χ1) is 19.7. The number of amides is 3. The second kappa shape index (κ2) is 12.2. The molecule has 1 heterocycles. The maximum Gasteiger partial charge on any atom is 0.269 e.